The SMILES string of the molecule is COc1cc2oc(-c3ccccc3)cc(=O)c2c(O)c1CC=O. The quantitative estimate of drug-likeness (QED) is 0.750. The van der Waals surface area contributed by atoms with Crippen LogP contribution >= 0.6 is 0 Å². The largest absolute Gasteiger partial charge is 0.507 e. The lowest BCUT2D eigenvalue weighted by atomic mass is 10.0. The van der Waals surface area contributed by atoms with E-state index in [9.17, 15) is 14.7 Å². The lowest BCUT2D eigenvalue weighted by Crippen LogP contribution is -2.04. The minimum Gasteiger partial charge on any atom is -0.507 e. The van der Waals surface area contributed by atoms with E-state index in [2.05, 4.69) is 0 Å². The maximum atomic E-state index is 12.4. The Morgan fingerprint density at radius 1 is 1.22 bits per heavy atom. The number of hydrogen-bond acceptors (Lipinski definition) is 5. The topological polar surface area (TPSA) is 76.7 Å². The summed E-state index contributed by atoms with van der Waals surface area (Å²) in [5.41, 5.74) is 0.856. The zero-order chi connectivity index (χ0) is 16.4. The number of hydrogen-bond donors (Lipinski definition) is 1. The average Bonchev–Trinajstić information content (AvgIpc) is 2.57. The van der Waals surface area contributed by atoms with Crippen molar-refractivity contribution >= 4 is 17.3 Å². The Labute approximate surface area is 131 Å². The van der Waals surface area contributed by atoms with Crippen molar-refractivity contribution < 1.29 is 19.1 Å². The van der Waals surface area contributed by atoms with Gasteiger partial charge in [-0.05, 0) is 0 Å². The zero-order valence-corrected chi connectivity index (χ0v) is 12.4. The summed E-state index contributed by atoms with van der Waals surface area (Å²) in [6.07, 6.45) is 0.591. The molecule has 0 spiro atoms. The van der Waals surface area contributed by atoms with Gasteiger partial charge in [-0.15, -0.1) is 0 Å². The monoisotopic (exact) mass is 310 g/mol. The molecule has 0 aliphatic carbocycles. The molecule has 5 heteroatoms. The summed E-state index contributed by atoms with van der Waals surface area (Å²) in [7, 11) is 1.42. The van der Waals surface area contributed by atoms with Crippen LogP contribution in [0.2, 0.25) is 0 Å². The van der Waals surface area contributed by atoms with Crippen molar-refractivity contribution in [3.05, 3.63) is 58.3 Å². The van der Waals surface area contributed by atoms with E-state index in [4.69, 9.17) is 9.15 Å². The molecule has 0 bridgehead atoms. The highest BCUT2D eigenvalue weighted by molar-refractivity contribution is 5.89. The molecule has 2 aromatic carbocycles. The lowest BCUT2D eigenvalue weighted by molar-refractivity contribution is -0.107. The second-order valence-corrected chi connectivity index (χ2v) is 4.99. The van der Waals surface area contributed by atoms with Gasteiger partial charge in [-0.3, -0.25) is 4.79 Å². The number of aromatic hydroxyl groups is 1. The van der Waals surface area contributed by atoms with Crippen molar-refractivity contribution in [1.82, 2.24) is 0 Å². The highest BCUT2D eigenvalue weighted by Crippen LogP contribution is 2.36. The molecule has 1 heterocycles. The Morgan fingerprint density at radius 3 is 2.61 bits per heavy atom. The minimum absolute atomic E-state index is 0.0438. The molecule has 0 unspecified atom stereocenters. The summed E-state index contributed by atoms with van der Waals surface area (Å²) in [6, 6.07) is 12.0. The molecule has 3 aromatic rings. The molecule has 116 valence electrons. The van der Waals surface area contributed by atoms with Gasteiger partial charge in [0.05, 0.1) is 7.11 Å². The third-order valence-electron chi connectivity index (χ3n) is 3.62. The molecule has 0 aliphatic heterocycles. The van der Waals surface area contributed by atoms with Crippen LogP contribution in [0, 0.1) is 0 Å². The van der Waals surface area contributed by atoms with Crippen molar-refractivity contribution in [2.24, 2.45) is 0 Å². The average molecular weight is 310 g/mol. The molecule has 0 amide bonds. The molecule has 0 saturated heterocycles. The maximum absolute atomic E-state index is 12.4. The number of carbonyl (C=O) groups excluding carboxylic acids is 1. The summed E-state index contributed by atoms with van der Waals surface area (Å²) in [5, 5.41) is 10.4. The van der Waals surface area contributed by atoms with E-state index in [1.165, 1.54) is 19.2 Å². The third kappa shape index (κ3) is 2.57. The van der Waals surface area contributed by atoms with E-state index >= 15 is 0 Å². The van der Waals surface area contributed by atoms with Crippen LogP contribution < -0.4 is 10.2 Å². The predicted octanol–water partition coefficient (Wildman–Crippen LogP) is 2.92. The Balaban J connectivity index is 2.32. The van der Waals surface area contributed by atoms with Gasteiger partial charge in [-0.2, -0.15) is 0 Å². The number of fused-ring (bicyclic) bond motifs is 1. The molecule has 0 fully saturated rings. The van der Waals surface area contributed by atoms with Gasteiger partial charge in [0.25, 0.3) is 0 Å². The number of benzene rings is 2. The number of methoxy groups -OCH3 is 1. The molecule has 0 aliphatic rings. The van der Waals surface area contributed by atoms with E-state index in [0.717, 1.165) is 5.56 Å². The number of phenolic OH excluding ortho intramolecular Hbond substituents is 1. The molecular weight excluding hydrogens is 296 g/mol. The second kappa shape index (κ2) is 5.96. The number of ether oxygens (including phenoxy) is 1. The first-order valence-electron chi connectivity index (χ1n) is 7.01. The van der Waals surface area contributed by atoms with Crippen LogP contribution in [0.25, 0.3) is 22.3 Å². The van der Waals surface area contributed by atoms with E-state index in [0.29, 0.717) is 17.8 Å². The normalized spacial score (nSPS) is 10.7. The van der Waals surface area contributed by atoms with Crippen molar-refractivity contribution in [3.63, 3.8) is 0 Å². The fraction of sp³-hybridized carbons (Fsp3) is 0.111. The molecule has 3 rings (SSSR count). The van der Waals surface area contributed by atoms with Crippen LogP contribution in [0.15, 0.2) is 51.7 Å². The van der Waals surface area contributed by atoms with Crippen LogP contribution in [0.5, 0.6) is 11.5 Å². The summed E-state index contributed by atoms with van der Waals surface area (Å²) in [5.74, 6) is 0.419. The van der Waals surface area contributed by atoms with Crippen molar-refractivity contribution in [2.45, 2.75) is 6.42 Å². The van der Waals surface area contributed by atoms with Crippen LogP contribution in [0.3, 0.4) is 0 Å². The van der Waals surface area contributed by atoms with Crippen LogP contribution in [0.1, 0.15) is 5.56 Å². The van der Waals surface area contributed by atoms with E-state index in [1.807, 2.05) is 30.3 Å². The van der Waals surface area contributed by atoms with E-state index < -0.39 is 0 Å². The van der Waals surface area contributed by atoms with Crippen molar-refractivity contribution in [3.8, 4) is 22.8 Å². The summed E-state index contributed by atoms with van der Waals surface area (Å²) in [6.45, 7) is 0. The molecule has 0 atom stereocenters. The Morgan fingerprint density at radius 2 is 1.96 bits per heavy atom. The number of carbonyl (C=O) groups is 1. The van der Waals surface area contributed by atoms with Gasteiger partial charge >= 0.3 is 0 Å². The third-order valence-corrected chi connectivity index (χ3v) is 3.62. The van der Waals surface area contributed by atoms with Crippen molar-refractivity contribution in [1.29, 1.82) is 0 Å². The molecule has 0 radical (unpaired) electrons. The lowest BCUT2D eigenvalue weighted by Gasteiger charge is -2.11. The highest BCUT2D eigenvalue weighted by atomic mass is 16.5. The first-order valence-corrected chi connectivity index (χ1v) is 7.01. The number of phenols is 1. The molecule has 1 N–H and O–H groups in total. The molecular formula is C18H14O5. The first-order chi connectivity index (χ1) is 11.2. The highest BCUT2D eigenvalue weighted by Gasteiger charge is 2.18. The summed E-state index contributed by atoms with van der Waals surface area (Å²) < 4.78 is 10.9. The molecule has 23 heavy (non-hydrogen) atoms. The van der Waals surface area contributed by atoms with Crippen LogP contribution in [-0.4, -0.2) is 18.5 Å². The minimum atomic E-state index is -0.377. The van der Waals surface area contributed by atoms with Gasteiger partial charge in [0.1, 0.15) is 34.5 Å². The van der Waals surface area contributed by atoms with Gasteiger partial charge in [0, 0.05) is 29.7 Å². The predicted molar refractivity (Wildman–Crippen MR) is 85.9 cm³/mol. The van der Waals surface area contributed by atoms with Crippen molar-refractivity contribution in [2.75, 3.05) is 7.11 Å². The van der Waals surface area contributed by atoms with Gasteiger partial charge in [-0.1, -0.05) is 30.3 Å². The molecule has 0 saturated carbocycles. The fourth-order valence-corrected chi connectivity index (χ4v) is 2.53. The van der Waals surface area contributed by atoms with Crippen LogP contribution in [-0.2, 0) is 11.2 Å². The Kier molecular flexibility index (Phi) is 3.85. The Bertz CT molecular complexity index is 926. The number of aldehydes is 1. The van der Waals surface area contributed by atoms with Crippen LogP contribution in [0.4, 0.5) is 0 Å². The van der Waals surface area contributed by atoms with E-state index in [1.54, 1.807) is 0 Å². The first kappa shape index (κ1) is 14.8. The van der Waals surface area contributed by atoms with Gasteiger partial charge in [0.2, 0.25) is 0 Å². The summed E-state index contributed by atoms with van der Waals surface area (Å²) in [4.78, 5) is 23.2. The maximum Gasteiger partial charge on any atom is 0.197 e. The van der Waals surface area contributed by atoms with Gasteiger partial charge in [0.15, 0.2) is 5.43 Å². The Hall–Kier alpha value is -3.08. The van der Waals surface area contributed by atoms with E-state index in [-0.39, 0.29) is 34.1 Å². The smallest absolute Gasteiger partial charge is 0.197 e. The number of rotatable bonds is 4. The molecule has 5 nitrogen and oxygen atoms in total. The molecule has 1 aromatic heterocycles. The fourth-order valence-electron chi connectivity index (χ4n) is 2.53. The van der Waals surface area contributed by atoms with Gasteiger partial charge < -0.3 is 19.1 Å². The standard InChI is InChI=1S/C18H14O5/c1-22-15-10-16-17(18(21)12(15)7-8-19)13(20)9-14(23-16)11-5-3-2-4-6-11/h2-6,8-10,21H,7H2,1H3. The zero-order valence-electron chi connectivity index (χ0n) is 12.4. The van der Waals surface area contributed by atoms with Gasteiger partial charge in [-0.25, -0.2) is 0 Å². The summed E-state index contributed by atoms with van der Waals surface area (Å²) >= 11 is 0. The second-order valence-electron chi connectivity index (χ2n) is 4.99.